The quantitative estimate of drug-likeness (QED) is 0.411. The van der Waals surface area contributed by atoms with Crippen molar-refractivity contribution < 1.29 is 29.6 Å². The van der Waals surface area contributed by atoms with Gasteiger partial charge in [0.15, 0.2) is 17.5 Å². The Labute approximate surface area is 219 Å². The van der Waals surface area contributed by atoms with E-state index in [4.69, 9.17) is 4.74 Å². The molecule has 0 unspecified atom stereocenters. The number of allylic oxidation sites excluding steroid dienone is 2. The largest absolute Gasteiger partial charge is 0.451 e. The number of esters is 1. The van der Waals surface area contributed by atoms with E-state index < -0.39 is 47.1 Å². The van der Waals surface area contributed by atoms with Crippen LogP contribution in [0.4, 0.5) is 0 Å². The van der Waals surface area contributed by atoms with Crippen molar-refractivity contribution in [2.24, 2.45) is 28.6 Å². The van der Waals surface area contributed by atoms with Crippen molar-refractivity contribution in [1.82, 2.24) is 4.57 Å². The summed E-state index contributed by atoms with van der Waals surface area (Å²) in [5.74, 6) is -1.69. The third-order valence-electron chi connectivity index (χ3n) is 9.80. The molecule has 202 valence electrons. The summed E-state index contributed by atoms with van der Waals surface area (Å²) in [7, 11) is 0. The lowest BCUT2D eigenvalue weighted by atomic mass is 9.59. The summed E-state index contributed by atoms with van der Waals surface area (Å²) in [6, 6.07) is 0. The topological polar surface area (TPSA) is 109 Å². The van der Waals surface area contributed by atoms with Crippen LogP contribution >= 0.6 is 0 Å². The molecule has 4 rings (SSSR count). The molecule has 2 bridgehead atoms. The van der Waals surface area contributed by atoms with Crippen LogP contribution in [0.3, 0.4) is 0 Å². The lowest BCUT2D eigenvalue weighted by Gasteiger charge is -2.48. The number of Topliss-reactive ketones (excluding diaryl/α,β-unsaturated/α-hetero) is 1. The highest BCUT2D eigenvalue weighted by Gasteiger charge is 2.73. The van der Waals surface area contributed by atoms with E-state index in [0.29, 0.717) is 29.8 Å². The first-order valence-electron chi connectivity index (χ1n) is 13.1. The lowest BCUT2D eigenvalue weighted by Crippen LogP contribution is -2.65. The summed E-state index contributed by atoms with van der Waals surface area (Å²) < 4.78 is 7.93. The fourth-order valence-electron chi connectivity index (χ4n) is 7.28. The van der Waals surface area contributed by atoms with E-state index in [1.807, 2.05) is 45.4 Å². The molecule has 3 aliphatic carbocycles. The first kappa shape index (κ1) is 27.6. The SMILES string of the molecule is C=CCn1cc(C)c(C(=O)O[C@H]2C(C)=C[C@]34C(=O)[C@@H](C=C(CO)[C@@H](O)[C@]23O)C(C)(C)[C@@H](C)C[C@H]4C)c1C. The van der Waals surface area contributed by atoms with Gasteiger partial charge in [-0.1, -0.05) is 45.9 Å². The number of ether oxygens (including phenoxy) is 1. The molecule has 3 aliphatic rings. The van der Waals surface area contributed by atoms with Gasteiger partial charge in [-0.05, 0) is 61.2 Å². The average Bonchev–Trinajstić information content (AvgIpc) is 3.19. The summed E-state index contributed by atoms with van der Waals surface area (Å²) in [6.45, 7) is 17.2. The number of aliphatic hydroxyl groups is 3. The number of fused-ring (bicyclic) bond motifs is 1. The molecule has 1 aromatic rings. The Hall–Kier alpha value is -2.48. The molecule has 0 saturated heterocycles. The number of hydrogen-bond acceptors (Lipinski definition) is 6. The molecule has 1 aromatic heterocycles. The van der Waals surface area contributed by atoms with Crippen LogP contribution < -0.4 is 0 Å². The Morgan fingerprint density at radius 2 is 1.89 bits per heavy atom. The highest BCUT2D eigenvalue weighted by Crippen LogP contribution is 2.62. The van der Waals surface area contributed by atoms with E-state index in [-0.39, 0.29) is 23.2 Å². The Morgan fingerprint density at radius 3 is 2.49 bits per heavy atom. The van der Waals surface area contributed by atoms with Gasteiger partial charge in [-0.2, -0.15) is 0 Å². The number of rotatable bonds is 5. The molecule has 37 heavy (non-hydrogen) atoms. The molecule has 1 saturated carbocycles. The zero-order valence-corrected chi connectivity index (χ0v) is 23.0. The van der Waals surface area contributed by atoms with Gasteiger partial charge in [-0.3, -0.25) is 4.79 Å². The van der Waals surface area contributed by atoms with Crippen molar-refractivity contribution in [2.75, 3.05) is 6.61 Å². The first-order valence-corrected chi connectivity index (χ1v) is 13.1. The van der Waals surface area contributed by atoms with Crippen LogP contribution in [0.5, 0.6) is 0 Å². The predicted octanol–water partition coefficient (Wildman–Crippen LogP) is 3.67. The molecule has 0 aliphatic heterocycles. The van der Waals surface area contributed by atoms with Gasteiger partial charge in [-0.25, -0.2) is 4.79 Å². The second kappa shape index (κ2) is 9.07. The van der Waals surface area contributed by atoms with Gasteiger partial charge >= 0.3 is 5.97 Å². The Morgan fingerprint density at radius 1 is 1.24 bits per heavy atom. The number of carbonyl (C=O) groups is 2. The number of aromatic nitrogens is 1. The molecule has 1 heterocycles. The maximum Gasteiger partial charge on any atom is 0.340 e. The van der Waals surface area contributed by atoms with Gasteiger partial charge in [0.05, 0.1) is 17.6 Å². The fraction of sp³-hybridized carbons (Fsp3) is 0.600. The van der Waals surface area contributed by atoms with Crippen LogP contribution in [0.15, 0.2) is 42.2 Å². The van der Waals surface area contributed by atoms with Gasteiger partial charge in [-0.15, -0.1) is 6.58 Å². The van der Waals surface area contributed by atoms with E-state index in [1.54, 1.807) is 25.2 Å². The summed E-state index contributed by atoms with van der Waals surface area (Å²) in [5, 5.41) is 34.5. The molecule has 0 amide bonds. The minimum absolute atomic E-state index is 0.122. The van der Waals surface area contributed by atoms with Gasteiger partial charge in [0.2, 0.25) is 0 Å². The highest BCUT2D eigenvalue weighted by atomic mass is 16.6. The molecule has 7 atom stereocenters. The summed E-state index contributed by atoms with van der Waals surface area (Å²) >= 11 is 0. The van der Waals surface area contributed by atoms with Crippen LogP contribution in [0.25, 0.3) is 0 Å². The molecule has 0 radical (unpaired) electrons. The van der Waals surface area contributed by atoms with E-state index in [2.05, 4.69) is 13.5 Å². The van der Waals surface area contributed by atoms with E-state index >= 15 is 0 Å². The predicted molar refractivity (Wildman–Crippen MR) is 141 cm³/mol. The first-order chi connectivity index (χ1) is 17.2. The minimum atomic E-state index is -2.17. The summed E-state index contributed by atoms with van der Waals surface area (Å²) in [6.07, 6.45) is 4.73. The Kier molecular flexibility index (Phi) is 6.75. The number of aryl methyl sites for hydroxylation is 1. The normalized spacial score (nSPS) is 36.7. The third kappa shape index (κ3) is 3.57. The minimum Gasteiger partial charge on any atom is -0.451 e. The summed E-state index contributed by atoms with van der Waals surface area (Å²) in [5.41, 5.74) is -1.63. The van der Waals surface area contributed by atoms with Crippen LogP contribution in [0.2, 0.25) is 0 Å². The fourth-order valence-corrected chi connectivity index (χ4v) is 7.28. The third-order valence-corrected chi connectivity index (χ3v) is 9.80. The van der Waals surface area contributed by atoms with Crippen LogP contribution in [-0.2, 0) is 16.1 Å². The standard InChI is InChI=1S/C30H41NO6/c1-9-10-31-14-17(3)23(20(31)6)27(35)37-26-16(2)13-29-19(5)11-18(4)28(7,8)22(25(29)34)12-21(15-32)24(33)30(26,29)36/h9,12-14,18-19,22,24,26,32-33,36H,1,10-11,15H2,2-8H3/t18-,19+,22+,24+,26-,29-,30-/m0/s1. The van der Waals surface area contributed by atoms with Crippen molar-refractivity contribution in [3.63, 3.8) is 0 Å². The zero-order chi connectivity index (χ0) is 27.7. The molecule has 1 fully saturated rings. The number of carbonyl (C=O) groups excluding carboxylic acids is 2. The molecule has 7 heteroatoms. The number of ketones is 1. The molecular formula is C30H41NO6. The molecule has 3 N–H and O–H groups in total. The number of aliphatic hydroxyl groups excluding tert-OH is 2. The van der Waals surface area contributed by atoms with E-state index in [9.17, 15) is 24.9 Å². The molecular weight excluding hydrogens is 470 g/mol. The van der Waals surface area contributed by atoms with Crippen LogP contribution in [0, 0.1) is 42.4 Å². The number of nitrogens with zero attached hydrogens (tertiary/aromatic N) is 1. The van der Waals surface area contributed by atoms with Crippen LogP contribution in [-0.4, -0.2) is 56.1 Å². The van der Waals surface area contributed by atoms with Crippen molar-refractivity contribution in [1.29, 1.82) is 0 Å². The molecule has 0 aromatic carbocycles. The van der Waals surface area contributed by atoms with Crippen molar-refractivity contribution in [3.05, 3.63) is 59.0 Å². The number of hydrogen-bond donors (Lipinski definition) is 3. The maximum atomic E-state index is 14.5. The second-order valence-corrected chi connectivity index (χ2v) is 12.1. The van der Waals surface area contributed by atoms with E-state index in [1.165, 1.54) is 0 Å². The highest BCUT2D eigenvalue weighted by molar-refractivity contribution is 5.96. The van der Waals surface area contributed by atoms with Gasteiger partial charge in [0, 0.05) is 24.4 Å². The molecule has 7 nitrogen and oxygen atoms in total. The lowest BCUT2D eigenvalue weighted by molar-refractivity contribution is -0.190. The zero-order valence-electron chi connectivity index (χ0n) is 23.0. The Balaban J connectivity index is 1.88. The van der Waals surface area contributed by atoms with Crippen LogP contribution in [0.1, 0.15) is 62.7 Å². The Bertz CT molecular complexity index is 1200. The average molecular weight is 512 g/mol. The van der Waals surface area contributed by atoms with Gasteiger partial charge in [0.25, 0.3) is 0 Å². The smallest absolute Gasteiger partial charge is 0.340 e. The summed E-state index contributed by atoms with van der Waals surface area (Å²) in [4.78, 5) is 28.1. The van der Waals surface area contributed by atoms with Gasteiger partial charge < -0.3 is 24.6 Å². The van der Waals surface area contributed by atoms with E-state index in [0.717, 1.165) is 5.56 Å². The molecule has 1 spiro atoms. The second-order valence-electron chi connectivity index (χ2n) is 12.1. The van der Waals surface area contributed by atoms with Crippen molar-refractivity contribution in [2.45, 2.75) is 79.2 Å². The maximum absolute atomic E-state index is 14.5. The van der Waals surface area contributed by atoms with Crippen molar-refractivity contribution in [3.8, 4) is 0 Å². The van der Waals surface area contributed by atoms with Gasteiger partial charge in [0.1, 0.15) is 6.10 Å². The van der Waals surface area contributed by atoms with Crippen molar-refractivity contribution >= 4 is 11.8 Å². The monoisotopic (exact) mass is 511 g/mol.